The highest BCUT2D eigenvalue weighted by Gasteiger charge is 2.20. The van der Waals surface area contributed by atoms with Gasteiger partial charge in [-0.3, -0.25) is 14.9 Å². The molecule has 0 aliphatic rings. The first-order chi connectivity index (χ1) is 8.82. The van der Waals surface area contributed by atoms with Crippen LogP contribution in [-0.4, -0.2) is 29.6 Å². The standard InChI is InChI=1S/C11H12BrFN2O4/c1-14(4-2-3-11(16)17)9-6-8(13)7(12)5-10(9)15(18)19/h5-6H,2-4H2,1H3,(H,16,17). The van der Waals surface area contributed by atoms with Gasteiger partial charge in [0.2, 0.25) is 0 Å². The largest absolute Gasteiger partial charge is 0.481 e. The van der Waals surface area contributed by atoms with Crippen LogP contribution in [0.4, 0.5) is 15.8 Å². The second-order valence-corrected chi connectivity index (χ2v) is 4.79. The van der Waals surface area contributed by atoms with Crippen LogP contribution in [0.2, 0.25) is 0 Å². The van der Waals surface area contributed by atoms with Crippen molar-refractivity contribution >= 4 is 33.3 Å². The molecular weight excluding hydrogens is 323 g/mol. The maximum absolute atomic E-state index is 13.4. The van der Waals surface area contributed by atoms with Crippen LogP contribution in [0.5, 0.6) is 0 Å². The molecule has 0 aliphatic heterocycles. The molecule has 0 heterocycles. The number of nitro groups is 1. The van der Waals surface area contributed by atoms with Crippen molar-refractivity contribution in [1.29, 1.82) is 0 Å². The third kappa shape index (κ3) is 4.16. The van der Waals surface area contributed by atoms with E-state index in [0.717, 1.165) is 12.1 Å². The molecule has 0 bridgehead atoms. The molecule has 0 atom stereocenters. The summed E-state index contributed by atoms with van der Waals surface area (Å²) in [5, 5.41) is 19.4. The van der Waals surface area contributed by atoms with Crippen molar-refractivity contribution in [3.8, 4) is 0 Å². The van der Waals surface area contributed by atoms with Crippen molar-refractivity contribution in [2.24, 2.45) is 0 Å². The molecule has 1 aromatic carbocycles. The summed E-state index contributed by atoms with van der Waals surface area (Å²) in [4.78, 5) is 22.2. The summed E-state index contributed by atoms with van der Waals surface area (Å²) in [6.07, 6.45) is 0.276. The first-order valence-corrected chi connectivity index (χ1v) is 6.18. The second-order valence-electron chi connectivity index (χ2n) is 3.93. The van der Waals surface area contributed by atoms with Crippen LogP contribution in [0.25, 0.3) is 0 Å². The van der Waals surface area contributed by atoms with Gasteiger partial charge in [0.1, 0.15) is 11.5 Å². The van der Waals surface area contributed by atoms with E-state index >= 15 is 0 Å². The zero-order valence-corrected chi connectivity index (χ0v) is 11.7. The molecule has 0 aromatic heterocycles. The molecule has 1 aromatic rings. The van der Waals surface area contributed by atoms with Crippen molar-refractivity contribution in [2.45, 2.75) is 12.8 Å². The Morgan fingerprint density at radius 2 is 2.21 bits per heavy atom. The number of rotatable bonds is 6. The number of anilines is 1. The van der Waals surface area contributed by atoms with Gasteiger partial charge in [0.05, 0.1) is 9.40 Å². The summed E-state index contributed by atoms with van der Waals surface area (Å²) in [5.74, 6) is -1.55. The molecule has 1 N–H and O–H groups in total. The van der Waals surface area contributed by atoms with Crippen molar-refractivity contribution in [2.75, 3.05) is 18.5 Å². The van der Waals surface area contributed by atoms with Crippen LogP contribution >= 0.6 is 15.9 Å². The molecule has 19 heavy (non-hydrogen) atoms. The summed E-state index contributed by atoms with van der Waals surface area (Å²) in [7, 11) is 1.55. The van der Waals surface area contributed by atoms with Gasteiger partial charge in [-0.05, 0) is 22.4 Å². The first kappa shape index (κ1) is 15.4. The maximum Gasteiger partial charge on any atom is 0.303 e. The summed E-state index contributed by atoms with van der Waals surface area (Å²) in [5.41, 5.74) is -0.109. The monoisotopic (exact) mass is 334 g/mol. The minimum atomic E-state index is -0.940. The molecule has 0 fully saturated rings. The molecule has 0 unspecified atom stereocenters. The molecule has 0 amide bonds. The zero-order chi connectivity index (χ0) is 14.6. The van der Waals surface area contributed by atoms with Crippen LogP contribution in [0.3, 0.4) is 0 Å². The highest BCUT2D eigenvalue weighted by Crippen LogP contribution is 2.32. The summed E-state index contributed by atoms with van der Waals surface area (Å²) < 4.78 is 13.5. The SMILES string of the molecule is CN(CCCC(=O)O)c1cc(F)c(Br)cc1[N+](=O)[O-]. The smallest absolute Gasteiger partial charge is 0.303 e. The fraction of sp³-hybridized carbons (Fsp3) is 0.364. The number of hydrogen-bond donors (Lipinski definition) is 1. The zero-order valence-electron chi connectivity index (χ0n) is 10.1. The maximum atomic E-state index is 13.4. The van der Waals surface area contributed by atoms with Gasteiger partial charge in [-0.1, -0.05) is 0 Å². The van der Waals surface area contributed by atoms with Crippen LogP contribution in [0.1, 0.15) is 12.8 Å². The minimum Gasteiger partial charge on any atom is -0.481 e. The predicted octanol–water partition coefficient (Wildman–Crippen LogP) is 2.80. The minimum absolute atomic E-state index is 0.0156. The topological polar surface area (TPSA) is 83.7 Å². The van der Waals surface area contributed by atoms with E-state index in [9.17, 15) is 19.3 Å². The number of carbonyl (C=O) groups is 1. The number of nitrogens with zero attached hydrogens (tertiary/aromatic N) is 2. The number of benzene rings is 1. The molecular formula is C11H12BrFN2O4. The highest BCUT2D eigenvalue weighted by molar-refractivity contribution is 9.10. The van der Waals surface area contributed by atoms with E-state index in [0.29, 0.717) is 6.42 Å². The third-order valence-corrected chi connectivity index (χ3v) is 3.12. The lowest BCUT2D eigenvalue weighted by Crippen LogP contribution is -2.20. The second kappa shape index (κ2) is 6.46. The molecule has 104 valence electrons. The van der Waals surface area contributed by atoms with Crippen LogP contribution in [0, 0.1) is 15.9 Å². The predicted molar refractivity (Wildman–Crippen MR) is 70.9 cm³/mol. The molecule has 8 heteroatoms. The van der Waals surface area contributed by atoms with Gasteiger partial charge < -0.3 is 10.0 Å². The number of hydrogen-bond acceptors (Lipinski definition) is 4. The Morgan fingerprint density at radius 3 is 2.74 bits per heavy atom. The van der Waals surface area contributed by atoms with Crippen LogP contribution < -0.4 is 4.90 Å². The fourth-order valence-corrected chi connectivity index (χ4v) is 1.90. The molecule has 0 saturated heterocycles. The average molecular weight is 335 g/mol. The van der Waals surface area contributed by atoms with Crippen molar-refractivity contribution in [3.05, 3.63) is 32.5 Å². The van der Waals surface area contributed by atoms with E-state index in [1.807, 2.05) is 0 Å². The Hall–Kier alpha value is -1.70. The lowest BCUT2D eigenvalue weighted by atomic mass is 10.2. The first-order valence-electron chi connectivity index (χ1n) is 5.39. The quantitative estimate of drug-likeness (QED) is 0.638. The van der Waals surface area contributed by atoms with Crippen molar-refractivity contribution in [3.63, 3.8) is 0 Å². The van der Waals surface area contributed by atoms with E-state index in [4.69, 9.17) is 5.11 Å². The Kier molecular flexibility index (Phi) is 5.22. The average Bonchev–Trinajstić information content (AvgIpc) is 2.31. The molecule has 0 aliphatic carbocycles. The molecule has 0 spiro atoms. The van der Waals surface area contributed by atoms with E-state index in [-0.39, 0.29) is 28.8 Å². The Morgan fingerprint density at radius 1 is 1.58 bits per heavy atom. The number of nitro benzene ring substituents is 1. The van der Waals surface area contributed by atoms with Crippen LogP contribution in [-0.2, 0) is 4.79 Å². The lowest BCUT2D eigenvalue weighted by Gasteiger charge is -2.19. The Labute approximate surface area is 117 Å². The molecule has 0 radical (unpaired) electrons. The van der Waals surface area contributed by atoms with E-state index in [1.165, 1.54) is 4.90 Å². The van der Waals surface area contributed by atoms with E-state index < -0.39 is 16.7 Å². The Balaban J connectivity index is 2.94. The van der Waals surface area contributed by atoms with Gasteiger partial charge in [0, 0.05) is 32.1 Å². The van der Waals surface area contributed by atoms with Crippen molar-refractivity contribution in [1.82, 2.24) is 0 Å². The number of carboxylic acids is 1. The fourth-order valence-electron chi connectivity index (χ4n) is 1.57. The number of carboxylic acid groups (broad SMARTS) is 1. The summed E-state index contributed by atoms with van der Waals surface area (Å²) >= 11 is 2.89. The van der Waals surface area contributed by atoms with Gasteiger partial charge in [0.25, 0.3) is 5.69 Å². The van der Waals surface area contributed by atoms with Crippen molar-refractivity contribution < 1.29 is 19.2 Å². The normalized spacial score (nSPS) is 10.3. The highest BCUT2D eigenvalue weighted by atomic mass is 79.9. The van der Waals surface area contributed by atoms with Gasteiger partial charge in [-0.15, -0.1) is 0 Å². The van der Waals surface area contributed by atoms with Crippen LogP contribution in [0.15, 0.2) is 16.6 Å². The molecule has 6 nitrogen and oxygen atoms in total. The number of aliphatic carboxylic acids is 1. The van der Waals surface area contributed by atoms with E-state index in [1.54, 1.807) is 7.05 Å². The lowest BCUT2D eigenvalue weighted by molar-refractivity contribution is -0.384. The van der Waals surface area contributed by atoms with Gasteiger partial charge in [0.15, 0.2) is 0 Å². The summed E-state index contributed by atoms with van der Waals surface area (Å²) in [6.45, 7) is 0.286. The molecule has 0 saturated carbocycles. The van der Waals surface area contributed by atoms with Gasteiger partial charge in [-0.25, -0.2) is 4.39 Å². The van der Waals surface area contributed by atoms with Gasteiger partial charge in [-0.2, -0.15) is 0 Å². The Bertz CT molecular complexity index is 510. The van der Waals surface area contributed by atoms with Gasteiger partial charge >= 0.3 is 5.97 Å². The third-order valence-electron chi connectivity index (χ3n) is 2.51. The summed E-state index contributed by atoms with van der Waals surface area (Å²) in [6, 6.07) is 2.15. The molecule has 1 rings (SSSR count). The number of halogens is 2. The van der Waals surface area contributed by atoms with E-state index in [2.05, 4.69) is 15.9 Å².